The minimum Gasteiger partial charge on any atom is -0.478 e. The molecule has 0 radical (unpaired) electrons. The molecule has 2 aromatic rings. The lowest BCUT2D eigenvalue weighted by molar-refractivity contribution is 0.0695. The molecule has 1 heterocycles. The fourth-order valence-corrected chi connectivity index (χ4v) is 2.19. The Morgan fingerprint density at radius 3 is 2.56 bits per heavy atom. The third kappa shape index (κ3) is 1.88. The van der Waals surface area contributed by atoms with Gasteiger partial charge in [-0.05, 0) is 37.1 Å². The number of benzene rings is 1. The lowest BCUT2D eigenvalue weighted by atomic mass is 10.1. The van der Waals surface area contributed by atoms with Crippen molar-refractivity contribution in [1.29, 1.82) is 0 Å². The minimum atomic E-state index is -0.919. The Bertz CT molecular complexity index is 600. The van der Waals surface area contributed by atoms with Crippen LogP contribution in [-0.4, -0.2) is 20.9 Å². The van der Waals surface area contributed by atoms with Crippen LogP contribution < -0.4 is 0 Å². The highest BCUT2D eigenvalue weighted by molar-refractivity contribution is 6.30. The number of nitrogens with zero attached hydrogens (tertiary/aromatic N) is 2. The fraction of sp³-hybridized carbons (Fsp3) is 0.231. The Labute approximate surface area is 109 Å². The first-order valence-electron chi connectivity index (χ1n) is 5.74. The number of halogens is 1. The van der Waals surface area contributed by atoms with E-state index in [4.69, 9.17) is 11.6 Å². The van der Waals surface area contributed by atoms with Gasteiger partial charge in [0.1, 0.15) is 5.56 Å². The van der Waals surface area contributed by atoms with Gasteiger partial charge in [-0.1, -0.05) is 11.6 Å². The summed E-state index contributed by atoms with van der Waals surface area (Å²) >= 11 is 5.85. The molecule has 0 aliphatic heterocycles. The molecule has 0 spiro atoms. The molecule has 0 saturated heterocycles. The van der Waals surface area contributed by atoms with Gasteiger partial charge in [0.05, 0.1) is 17.6 Å². The van der Waals surface area contributed by atoms with E-state index in [1.54, 1.807) is 16.8 Å². The molecule has 1 aliphatic carbocycles. The van der Waals surface area contributed by atoms with Crippen molar-refractivity contribution in [3.8, 4) is 5.69 Å². The van der Waals surface area contributed by atoms with Gasteiger partial charge < -0.3 is 5.11 Å². The highest BCUT2D eigenvalue weighted by atomic mass is 35.5. The van der Waals surface area contributed by atoms with Crippen LogP contribution in [0.1, 0.15) is 34.8 Å². The molecule has 18 heavy (non-hydrogen) atoms. The highest BCUT2D eigenvalue weighted by Crippen LogP contribution is 2.42. The average Bonchev–Trinajstić information content (AvgIpc) is 3.09. The number of rotatable bonds is 3. The number of aromatic carboxylic acids is 1. The first kappa shape index (κ1) is 11.3. The topological polar surface area (TPSA) is 55.1 Å². The smallest absolute Gasteiger partial charge is 0.339 e. The van der Waals surface area contributed by atoms with Gasteiger partial charge in [-0.2, -0.15) is 5.10 Å². The maximum atomic E-state index is 11.2. The maximum Gasteiger partial charge on any atom is 0.339 e. The van der Waals surface area contributed by atoms with Crippen LogP contribution in [0, 0.1) is 0 Å². The molecule has 1 aromatic carbocycles. The van der Waals surface area contributed by atoms with E-state index in [1.165, 1.54) is 6.20 Å². The zero-order valence-corrected chi connectivity index (χ0v) is 10.3. The maximum absolute atomic E-state index is 11.2. The summed E-state index contributed by atoms with van der Waals surface area (Å²) in [5.41, 5.74) is 1.94. The summed E-state index contributed by atoms with van der Waals surface area (Å²) in [6.45, 7) is 0. The standard InChI is InChI=1S/C13H11ClN2O2/c14-9-3-5-10(6-4-9)16-12(8-1-2-8)11(7-15-16)13(17)18/h3-8H,1-2H2,(H,17,18). The van der Waals surface area contributed by atoms with Crippen LogP contribution in [0.25, 0.3) is 5.69 Å². The Morgan fingerprint density at radius 1 is 1.33 bits per heavy atom. The van der Waals surface area contributed by atoms with Crippen LogP contribution >= 0.6 is 11.6 Å². The van der Waals surface area contributed by atoms with Gasteiger partial charge in [0, 0.05) is 10.9 Å². The molecular weight excluding hydrogens is 252 g/mol. The SMILES string of the molecule is O=C(O)c1cnn(-c2ccc(Cl)cc2)c1C1CC1. The van der Waals surface area contributed by atoms with Crippen molar-refractivity contribution in [3.05, 3.63) is 46.7 Å². The van der Waals surface area contributed by atoms with Crippen LogP contribution in [0.4, 0.5) is 0 Å². The number of aromatic nitrogens is 2. The monoisotopic (exact) mass is 262 g/mol. The average molecular weight is 263 g/mol. The summed E-state index contributed by atoms with van der Waals surface area (Å²) in [6.07, 6.45) is 3.48. The van der Waals surface area contributed by atoms with Gasteiger partial charge in [0.25, 0.3) is 0 Å². The van der Waals surface area contributed by atoms with Crippen molar-refractivity contribution in [2.75, 3.05) is 0 Å². The van der Waals surface area contributed by atoms with Gasteiger partial charge in [-0.3, -0.25) is 0 Å². The van der Waals surface area contributed by atoms with E-state index in [0.29, 0.717) is 16.5 Å². The molecule has 1 aromatic heterocycles. The van der Waals surface area contributed by atoms with Crippen molar-refractivity contribution in [2.24, 2.45) is 0 Å². The van der Waals surface area contributed by atoms with Gasteiger partial charge in [-0.25, -0.2) is 9.48 Å². The van der Waals surface area contributed by atoms with Gasteiger partial charge in [0.2, 0.25) is 0 Å². The summed E-state index contributed by atoms with van der Waals surface area (Å²) in [5, 5.41) is 14.0. The molecule has 1 N–H and O–H groups in total. The van der Waals surface area contributed by atoms with E-state index in [2.05, 4.69) is 5.10 Å². The molecule has 1 fully saturated rings. The Balaban J connectivity index is 2.11. The van der Waals surface area contributed by atoms with Crippen molar-refractivity contribution in [1.82, 2.24) is 9.78 Å². The minimum absolute atomic E-state index is 0.299. The third-order valence-electron chi connectivity index (χ3n) is 3.07. The van der Waals surface area contributed by atoms with Gasteiger partial charge >= 0.3 is 5.97 Å². The largest absolute Gasteiger partial charge is 0.478 e. The van der Waals surface area contributed by atoms with Crippen LogP contribution in [0.15, 0.2) is 30.5 Å². The van der Waals surface area contributed by atoms with Crippen LogP contribution in [0.2, 0.25) is 5.02 Å². The summed E-state index contributed by atoms with van der Waals surface area (Å²) in [4.78, 5) is 11.2. The quantitative estimate of drug-likeness (QED) is 0.925. The zero-order valence-electron chi connectivity index (χ0n) is 9.51. The van der Waals surface area contributed by atoms with Gasteiger partial charge in [-0.15, -0.1) is 0 Å². The van der Waals surface area contributed by atoms with Crippen LogP contribution in [0.3, 0.4) is 0 Å². The molecular formula is C13H11ClN2O2. The van der Waals surface area contributed by atoms with E-state index >= 15 is 0 Å². The molecule has 4 nitrogen and oxygen atoms in total. The predicted molar refractivity (Wildman–Crippen MR) is 67.5 cm³/mol. The molecule has 0 amide bonds. The number of hydrogen-bond donors (Lipinski definition) is 1. The Hall–Kier alpha value is -1.81. The first-order valence-corrected chi connectivity index (χ1v) is 6.12. The number of carbonyl (C=O) groups is 1. The summed E-state index contributed by atoms with van der Waals surface area (Å²) < 4.78 is 1.71. The summed E-state index contributed by atoms with van der Waals surface area (Å²) in [5.74, 6) is -0.605. The number of carboxylic acids is 1. The predicted octanol–water partition coefficient (Wildman–Crippen LogP) is 3.10. The van der Waals surface area contributed by atoms with E-state index in [-0.39, 0.29) is 0 Å². The molecule has 0 atom stereocenters. The molecule has 3 rings (SSSR count). The molecule has 0 unspecified atom stereocenters. The molecule has 92 valence electrons. The van der Waals surface area contributed by atoms with E-state index in [1.807, 2.05) is 12.1 Å². The summed E-state index contributed by atoms with van der Waals surface area (Å²) in [6, 6.07) is 7.23. The molecule has 1 aliphatic rings. The number of hydrogen-bond acceptors (Lipinski definition) is 2. The molecule has 0 bridgehead atoms. The van der Waals surface area contributed by atoms with Crippen molar-refractivity contribution in [3.63, 3.8) is 0 Å². The van der Waals surface area contributed by atoms with Crippen molar-refractivity contribution >= 4 is 17.6 Å². The first-order chi connectivity index (χ1) is 8.66. The van der Waals surface area contributed by atoms with Crippen LogP contribution in [0.5, 0.6) is 0 Å². The lowest BCUT2D eigenvalue weighted by Crippen LogP contribution is -2.05. The second kappa shape index (κ2) is 4.14. The van der Waals surface area contributed by atoms with E-state index < -0.39 is 5.97 Å². The van der Waals surface area contributed by atoms with Crippen molar-refractivity contribution in [2.45, 2.75) is 18.8 Å². The zero-order chi connectivity index (χ0) is 12.7. The summed E-state index contributed by atoms with van der Waals surface area (Å²) in [7, 11) is 0. The second-order valence-corrected chi connectivity index (χ2v) is 4.85. The molecule has 5 heteroatoms. The van der Waals surface area contributed by atoms with E-state index in [9.17, 15) is 9.90 Å². The van der Waals surface area contributed by atoms with Crippen molar-refractivity contribution < 1.29 is 9.90 Å². The highest BCUT2D eigenvalue weighted by Gasteiger charge is 2.32. The second-order valence-electron chi connectivity index (χ2n) is 4.41. The van der Waals surface area contributed by atoms with E-state index in [0.717, 1.165) is 24.2 Å². The Morgan fingerprint density at radius 2 is 2.00 bits per heavy atom. The lowest BCUT2D eigenvalue weighted by Gasteiger charge is -2.07. The third-order valence-corrected chi connectivity index (χ3v) is 3.32. The Kier molecular flexibility index (Phi) is 2.59. The normalized spacial score (nSPS) is 14.7. The van der Waals surface area contributed by atoms with Gasteiger partial charge in [0.15, 0.2) is 0 Å². The molecule has 1 saturated carbocycles. The fourth-order valence-electron chi connectivity index (χ4n) is 2.06. The number of carboxylic acid groups (broad SMARTS) is 1. The van der Waals surface area contributed by atoms with Crippen LogP contribution in [-0.2, 0) is 0 Å².